The highest BCUT2D eigenvalue weighted by atomic mass is 16.7. The van der Waals surface area contributed by atoms with Crippen molar-refractivity contribution in [2.24, 2.45) is 0 Å². The molecule has 1 atom stereocenters. The van der Waals surface area contributed by atoms with Gasteiger partial charge in [-0.2, -0.15) is 0 Å². The number of anilines is 1. The van der Waals surface area contributed by atoms with Crippen molar-refractivity contribution in [2.75, 3.05) is 44.9 Å². The van der Waals surface area contributed by atoms with Crippen LogP contribution in [0.25, 0.3) is 0 Å². The van der Waals surface area contributed by atoms with Gasteiger partial charge in [-0.25, -0.2) is 4.79 Å². The molecule has 0 aliphatic carbocycles. The van der Waals surface area contributed by atoms with Crippen molar-refractivity contribution < 1.29 is 23.8 Å². The largest absolute Gasteiger partial charge is 0.497 e. The Balaban J connectivity index is 1.32. The van der Waals surface area contributed by atoms with E-state index in [0.29, 0.717) is 57.9 Å². The number of nitrogens with one attached hydrogen (secondary N) is 1. The van der Waals surface area contributed by atoms with Crippen molar-refractivity contribution in [1.82, 2.24) is 10.2 Å². The van der Waals surface area contributed by atoms with Crippen molar-refractivity contribution in [3.8, 4) is 5.75 Å². The predicted octanol–water partition coefficient (Wildman–Crippen LogP) is 1.35. The normalized spacial score (nSPS) is 24.5. The minimum atomic E-state index is -0.497. The first-order chi connectivity index (χ1) is 13.1. The van der Waals surface area contributed by atoms with Gasteiger partial charge in [0.15, 0.2) is 5.79 Å². The zero-order chi connectivity index (χ0) is 18.9. The molecule has 3 fully saturated rings. The molecule has 4 rings (SSSR count). The fraction of sp³-hybridized carbons (Fsp3) is 0.579. The molecule has 3 aliphatic heterocycles. The maximum absolute atomic E-state index is 12.6. The summed E-state index contributed by atoms with van der Waals surface area (Å²) in [7, 11) is 1.60. The molecule has 1 aromatic rings. The Morgan fingerprint density at radius 1 is 1.26 bits per heavy atom. The molecule has 3 aliphatic rings. The molecule has 146 valence electrons. The zero-order valence-electron chi connectivity index (χ0n) is 15.5. The zero-order valence-corrected chi connectivity index (χ0v) is 15.5. The highest BCUT2D eigenvalue weighted by Gasteiger charge is 2.41. The molecule has 0 radical (unpaired) electrons. The Bertz CT molecular complexity index is 709. The third kappa shape index (κ3) is 3.72. The van der Waals surface area contributed by atoms with Crippen molar-refractivity contribution in [2.45, 2.75) is 31.1 Å². The third-order valence-electron chi connectivity index (χ3n) is 5.44. The van der Waals surface area contributed by atoms with Crippen LogP contribution in [0.3, 0.4) is 0 Å². The second-order valence-corrected chi connectivity index (χ2v) is 7.15. The average Bonchev–Trinajstić information content (AvgIpc) is 3.29. The van der Waals surface area contributed by atoms with Crippen LogP contribution in [0.15, 0.2) is 24.3 Å². The van der Waals surface area contributed by atoms with Gasteiger partial charge in [-0.15, -0.1) is 0 Å². The summed E-state index contributed by atoms with van der Waals surface area (Å²) in [6.45, 7) is 2.88. The number of carbonyl (C=O) groups is 2. The van der Waals surface area contributed by atoms with Crippen LogP contribution in [0.4, 0.5) is 10.5 Å². The molecule has 1 unspecified atom stereocenters. The van der Waals surface area contributed by atoms with E-state index in [4.69, 9.17) is 14.2 Å². The van der Waals surface area contributed by atoms with Crippen LogP contribution in [-0.2, 0) is 14.3 Å². The Morgan fingerprint density at radius 3 is 2.70 bits per heavy atom. The maximum atomic E-state index is 12.6. The van der Waals surface area contributed by atoms with Gasteiger partial charge in [-0.05, 0) is 12.1 Å². The SMILES string of the molecule is COc1cccc(N2CC(NC(=O)N3CCC4(CC3)OCCO4)CC2=O)c1. The van der Waals surface area contributed by atoms with E-state index in [-0.39, 0.29) is 18.0 Å². The van der Waals surface area contributed by atoms with E-state index in [1.165, 1.54) is 0 Å². The molecule has 1 N–H and O–H groups in total. The molecule has 8 nitrogen and oxygen atoms in total. The molecule has 0 aromatic heterocycles. The van der Waals surface area contributed by atoms with Gasteiger partial charge in [0, 0.05) is 50.7 Å². The van der Waals surface area contributed by atoms with Crippen LogP contribution in [-0.4, -0.2) is 68.6 Å². The van der Waals surface area contributed by atoms with Gasteiger partial charge in [-0.3, -0.25) is 4.79 Å². The van der Waals surface area contributed by atoms with Gasteiger partial charge in [0.05, 0.1) is 26.4 Å². The van der Waals surface area contributed by atoms with Gasteiger partial charge in [0.1, 0.15) is 5.75 Å². The Hall–Kier alpha value is -2.32. The monoisotopic (exact) mass is 375 g/mol. The van der Waals surface area contributed by atoms with E-state index in [0.717, 1.165) is 5.69 Å². The van der Waals surface area contributed by atoms with E-state index < -0.39 is 5.79 Å². The molecule has 8 heteroatoms. The summed E-state index contributed by atoms with van der Waals surface area (Å²) in [5.41, 5.74) is 0.784. The fourth-order valence-corrected chi connectivity index (χ4v) is 3.93. The number of amides is 3. The first-order valence-corrected chi connectivity index (χ1v) is 9.36. The van der Waals surface area contributed by atoms with Crippen LogP contribution in [0.1, 0.15) is 19.3 Å². The summed E-state index contributed by atoms with van der Waals surface area (Å²) in [6, 6.07) is 7.05. The van der Waals surface area contributed by atoms with E-state index in [2.05, 4.69) is 5.32 Å². The van der Waals surface area contributed by atoms with Gasteiger partial charge in [0.2, 0.25) is 5.91 Å². The van der Waals surface area contributed by atoms with E-state index in [1.54, 1.807) is 16.9 Å². The molecule has 3 amide bonds. The number of piperidine rings is 1. The molecule has 3 saturated heterocycles. The Morgan fingerprint density at radius 2 is 2.00 bits per heavy atom. The minimum Gasteiger partial charge on any atom is -0.497 e. The lowest BCUT2D eigenvalue weighted by Gasteiger charge is -2.37. The lowest BCUT2D eigenvalue weighted by molar-refractivity contribution is -0.181. The quantitative estimate of drug-likeness (QED) is 0.863. The molecule has 0 bridgehead atoms. The topological polar surface area (TPSA) is 80.3 Å². The van der Waals surface area contributed by atoms with Gasteiger partial charge in [0.25, 0.3) is 0 Å². The Labute approximate surface area is 158 Å². The van der Waals surface area contributed by atoms with Crippen LogP contribution in [0.2, 0.25) is 0 Å². The number of carbonyl (C=O) groups excluding carboxylic acids is 2. The van der Waals surface area contributed by atoms with Crippen LogP contribution < -0.4 is 15.0 Å². The summed E-state index contributed by atoms with van der Waals surface area (Å²) >= 11 is 0. The van der Waals surface area contributed by atoms with E-state index >= 15 is 0 Å². The smallest absolute Gasteiger partial charge is 0.317 e. The van der Waals surface area contributed by atoms with E-state index in [1.807, 2.05) is 24.3 Å². The summed E-state index contributed by atoms with van der Waals surface area (Å²) in [5, 5.41) is 3.00. The fourth-order valence-electron chi connectivity index (χ4n) is 3.93. The number of rotatable bonds is 3. The van der Waals surface area contributed by atoms with Crippen LogP contribution >= 0.6 is 0 Å². The van der Waals surface area contributed by atoms with Crippen LogP contribution in [0.5, 0.6) is 5.75 Å². The number of urea groups is 1. The second-order valence-electron chi connectivity index (χ2n) is 7.15. The second kappa shape index (κ2) is 7.36. The van der Waals surface area contributed by atoms with Gasteiger partial charge < -0.3 is 29.3 Å². The van der Waals surface area contributed by atoms with Crippen LogP contribution in [0, 0.1) is 0 Å². The molecular formula is C19H25N3O5. The lowest BCUT2D eigenvalue weighted by Crippen LogP contribution is -2.52. The molecule has 27 heavy (non-hydrogen) atoms. The third-order valence-corrected chi connectivity index (χ3v) is 5.44. The van der Waals surface area contributed by atoms with Gasteiger partial charge >= 0.3 is 6.03 Å². The first-order valence-electron chi connectivity index (χ1n) is 9.36. The van der Waals surface area contributed by atoms with Crippen molar-refractivity contribution in [3.05, 3.63) is 24.3 Å². The number of hydrogen-bond acceptors (Lipinski definition) is 5. The van der Waals surface area contributed by atoms with Crippen molar-refractivity contribution in [1.29, 1.82) is 0 Å². The minimum absolute atomic E-state index is 0.00101. The van der Waals surface area contributed by atoms with Crippen molar-refractivity contribution in [3.63, 3.8) is 0 Å². The summed E-state index contributed by atoms with van der Waals surface area (Å²) in [6.07, 6.45) is 1.66. The standard InChI is InChI=1S/C19H25N3O5/c1-25-16-4-2-3-15(12-16)22-13-14(11-17(22)23)20-18(24)21-7-5-19(6-8-21)26-9-10-27-19/h2-4,12,14H,5-11,13H2,1H3,(H,20,24). The average molecular weight is 375 g/mol. The number of methoxy groups -OCH3 is 1. The Kier molecular flexibility index (Phi) is 4.92. The first kappa shape index (κ1) is 18.1. The number of benzene rings is 1. The highest BCUT2D eigenvalue weighted by molar-refractivity contribution is 5.97. The number of likely N-dealkylation sites (tertiary alicyclic amines) is 1. The molecule has 1 aromatic carbocycles. The molecule has 3 heterocycles. The molecular weight excluding hydrogens is 350 g/mol. The molecule has 1 spiro atoms. The summed E-state index contributed by atoms with van der Waals surface area (Å²) in [4.78, 5) is 28.5. The highest BCUT2D eigenvalue weighted by Crippen LogP contribution is 2.31. The molecule has 0 saturated carbocycles. The van der Waals surface area contributed by atoms with E-state index in [9.17, 15) is 9.59 Å². The number of hydrogen-bond donors (Lipinski definition) is 1. The predicted molar refractivity (Wildman–Crippen MR) is 97.7 cm³/mol. The lowest BCUT2D eigenvalue weighted by atomic mass is 10.0. The summed E-state index contributed by atoms with van der Waals surface area (Å²) in [5.74, 6) is 0.203. The number of ether oxygens (including phenoxy) is 3. The maximum Gasteiger partial charge on any atom is 0.317 e. The van der Waals surface area contributed by atoms with Crippen molar-refractivity contribution >= 4 is 17.6 Å². The van der Waals surface area contributed by atoms with Gasteiger partial charge in [-0.1, -0.05) is 6.07 Å². The number of nitrogens with zero attached hydrogens (tertiary/aromatic N) is 2. The summed E-state index contributed by atoms with van der Waals surface area (Å²) < 4.78 is 16.6.